The predicted octanol–water partition coefficient (Wildman–Crippen LogP) is 7.16. The summed E-state index contributed by atoms with van der Waals surface area (Å²) in [5.74, 6) is 1.76. The van der Waals surface area contributed by atoms with E-state index in [1.54, 1.807) is 0 Å². The number of benzene rings is 5. The molecule has 7 heteroatoms. The molecule has 2 N–H and O–H groups in total. The zero-order chi connectivity index (χ0) is 32.1. The molecule has 7 rings (SSSR count). The summed E-state index contributed by atoms with van der Waals surface area (Å²) in [4.78, 5) is 4.78. The number of hydrogen-bond donors (Lipinski definition) is 1. The summed E-state index contributed by atoms with van der Waals surface area (Å²) >= 11 is 0. The van der Waals surface area contributed by atoms with Gasteiger partial charge in [0.25, 0.3) is 0 Å². The first-order valence-electron chi connectivity index (χ1n) is 16.1. The van der Waals surface area contributed by atoms with Crippen LogP contribution in [0.4, 0.5) is 0 Å². The van der Waals surface area contributed by atoms with Crippen LogP contribution in [0.5, 0.6) is 0 Å². The highest BCUT2D eigenvalue weighted by molar-refractivity contribution is 5.81. The van der Waals surface area contributed by atoms with Crippen molar-refractivity contribution in [2.24, 2.45) is 5.73 Å². The monoisotopic (exact) mass is 615 g/mol. The lowest BCUT2D eigenvalue weighted by Crippen LogP contribution is -2.39. The van der Waals surface area contributed by atoms with Gasteiger partial charge in [-0.25, -0.2) is 9.67 Å². The summed E-state index contributed by atoms with van der Waals surface area (Å²) in [6, 6.07) is 48.6. The zero-order valence-corrected chi connectivity index (χ0v) is 26.4. The third-order valence-corrected chi connectivity index (χ3v) is 8.77. The summed E-state index contributed by atoms with van der Waals surface area (Å²) in [7, 11) is 0. The van der Waals surface area contributed by atoms with Gasteiger partial charge in [0.1, 0.15) is 11.4 Å². The first-order chi connectivity index (χ1) is 23.2. The van der Waals surface area contributed by atoms with Crippen molar-refractivity contribution in [2.45, 2.75) is 31.8 Å². The van der Waals surface area contributed by atoms with E-state index >= 15 is 0 Å². The Morgan fingerprint density at radius 3 is 1.77 bits per heavy atom. The average molecular weight is 616 g/mol. The molecular formula is C40H37N7. The van der Waals surface area contributed by atoms with Crippen molar-refractivity contribution >= 4 is 0 Å². The molecule has 47 heavy (non-hydrogen) atoms. The Morgan fingerprint density at radius 1 is 0.660 bits per heavy atom. The van der Waals surface area contributed by atoms with Crippen LogP contribution in [0.15, 0.2) is 146 Å². The first kappa shape index (κ1) is 30.0. The Morgan fingerprint density at radius 2 is 1.21 bits per heavy atom. The van der Waals surface area contributed by atoms with Crippen LogP contribution < -0.4 is 5.73 Å². The summed E-state index contributed by atoms with van der Waals surface area (Å²) in [6.07, 6.45) is 3.80. The molecule has 2 aromatic heterocycles. The standard InChI is InChI=1S/C40H37N7/c1-2-38-42-35(26-27-41)29-46(38)28-30-22-24-31(25-23-30)36-20-12-13-21-37(36)39-43-44-45-47(39)40(32-14-6-3-7-15-32,33-16-8-4-9-17-33)34-18-10-5-11-19-34/h3-25,29H,2,26-28,41H2,1H3. The van der Waals surface area contributed by atoms with E-state index in [9.17, 15) is 0 Å². The molecule has 0 saturated heterocycles. The van der Waals surface area contributed by atoms with Crippen LogP contribution >= 0.6 is 0 Å². The van der Waals surface area contributed by atoms with E-state index in [2.05, 4.69) is 138 Å². The van der Waals surface area contributed by atoms with Gasteiger partial charge in [-0.3, -0.25) is 0 Å². The minimum absolute atomic E-state index is 0.598. The Kier molecular flexibility index (Phi) is 8.54. The van der Waals surface area contributed by atoms with Gasteiger partial charge in [0, 0.05) is 31.1 Å². The molecule has 5 aromatic carbocycles. The molecule has 0 aliphatic heterocycles. The Bertz CT molecular complexity index is 1950. The first-order valence-corrected chi connectivity index (χ1v) is 16.1. The maximum absolute atomic E-state index is 5.79. The Labute approximate surface area is 275 Å². The average Bonchev–Trinajstić information content (AvgIpc) is 3.78. The Balaban J connectivity index is 1.34. The number of hydrogen-bond acceptors (Lipinski definition) is 5. The summed E-state index contributed by atoms with van der Waals surface area (Å²) in [5.41, 5.74) is 13.5. The topological polar surface area (TPSA) is 87.4 Å². The Hall–Kier alpha value is -5.66. The molecule has 0 spiro atoms. The van der Waals surface area contributed by atoms with Gasteiger partial charge in [-0.1, -0.05) is 146 Å². The van der Waals surface area contributed by atoms with Crippen molar-refractivity contribution in [2.75, 3.05) is 6.54 Å². The zero-order valence-electron chi connectivity index (χ0n) is 26.4. The molecular weight excluding hydrogens is 578 g/mol. The van der Waals surface area contributed by atoms with E-state index in [4.69, 9.17) is 21.0 Å². The lowest BCUT2D eigenvalue weighted by atomic mass is 9.77. The van der Waals surface area contributed by atoms with Gasteiger partial charge in [-0.05, 0) is 50.4 Å². The van der Waals surface area contributed by atoms with Crippen LogP contribution in [0.3, 0.4) is 0 Å². The second kappa shape index (κ2) is 13.4. The summed E-state index contributed by atoms with van der Waals surface area (Å²) < 4.78 is 4.23. The normalized spacial score (nSPS) is 11.5. The number of aromatic nitrogens is 6. The molecule has 0 radical (unpaired) electrons. The molecule has 0 aliphatic rings. The molecule has 0 fully saturated rings. The van der Waals surface area contributed by atoms with E-state index in [0.29, 0.717) is 12.4 Å². The van der Waals surface area contributed by atoms with Gasteiger partial charge >= 0.3 is 0 Å². The number of nitrogens with zero attached hydrogens (tertiary/aromatic N) is 6. The fourth-order valence-electron chi connectivity index (χ4n) is 6.60. The van der Waals surface area contributed by atoms with Crippen LogP contribution in [0.1, 0.15) is 40.7 Å². The smallest absolute Gasteiger partial charge is 0.184 e. The maximum atomic E-state index is 5.79. The third kappa shape index (κ3) is 5.66. The van der Waals surface area contributed by atoms with Crippen LogP contribution in [-0.4, -0.2) is 36.3 Å². The second-order valence-electron chi connectivity index (χ2n) is 11.6. The van der Waals surface area contributed by atoms with E-state index in [0.717, 1.165) is 64.3 Å². The molecule has 2 heterocycles. The number of nitrogens with two attached hydrogens (primary N) is 1. The molecule has 0 saturated carbocycles. The van der Waals surface area contributed by atoms with Crippen molar-refractivity contribution in [3.05, 3.63) is 179 Å². The highest BCUT2D eigenvalue weighted by Gasteiger charge is 2.42. The molecule has 0 amide bonds. The maximum Gasteiger partial charge on any atom is 0.184 e. The van der Waals surface area contributed by atoms with Crippen LogP contribution in [0.25, 0.3) is 22.5 Å². The summed E-state index contributed by atoms with van der Waals surface area (Å²) in [6.45, 7) is 3.50. The SMILES string of the molecule is CCc1nc(CCN)cn1Cc1ccc(-c2ccccc2-c2nnnn2C(c2ccccc2)(c2ccccc2)c2ccccc2)cc1. The van der Waals surface area contributed by atoms with E-state index in [1.165, 1.54) is 5.56 Å². The van der Waals surface area contributed by atoms with Crippen LogP contribution in [0.2, 0.25) is 0 Å². The van der Waals surface area contributed by atoms with Crippen LogP contribution in [0, 0.1) is 0 Å². The fourth-order valence-corrected chi connectivity index (χ4v) is 6.60. The minimum Gasteiger partial charge on any atom is -0.330 e. The molecule has 0 aliphatic carbocycles. The second-order valence-corrected chi connectivity index (χ2v) is 11.6. The minimum atomic E-state index is -0.829. The molecule has 0 unspecified atom stereocenters. The highest BCUT2D eigenvalue weighted by atomic mass is 15.6. The number of aryl methyl sites for hydroxylation is 1. The third-order valence-electron chi connectivity index (χ3n) is 8.77. The fraction of sp³-hybridized carbons (Fsp3) is 0.150. The highest BCUT2D eigenvalue weighted by Crippen LogP contribution is 2.43. The van der Waals surface area contributed by atoms with Gasteiger partial charge in [0.2, 0.25) is 0 Å². The van der Waals surface area contributed by atoms with Gasteiger partial charge in [-0.2, -0.15) is 0 Å². The van der Waals surface area contributed by atoms with Crippen LogP contribution in [-0.2, 0) is 24.9 Å². The van der Waals surface area contributed by atoms with Gasteiger partial charge in [-0.15, -0.1) is 5.10 Å². The van der Waals surface area contributed by atoms with Crippen molar-refractivity contribution < 1.29 is 0 Å². The quantitative estimate of drug-likeness (QED) is 0.156. The molecule has 0 atom stereocenters. The molecule has 0 bridgehead atoms. The lowest BCUT2D eigenvalue weighted by Gasteiger charge is -2.36. The van der Waals surface area contributed by atoms with E-state index in [1.807, 2.05) is 28.9 Å². The molecule has 232 valence electrons. The molecule has 7 aromatic rings. The van der Waals surface area contributed by atoms with E-state index in [-0.39, 0.29) is 0 Å². The lowest BCUT2D eigenvalue weighted by molar-refractivity contribution is 0.451. The van der Waals surface area contributed by atoms with Crippen molar-refractivity contribution in [1.82, 2.24) is 29.8 Å². The van der Waals surface area contributed by atoms with Gasteiger partial charge < -0.3 is 10.3 Å². The van der Waals surface area contributed by atoms with Gasteiger partial charge in [0.15, 0.2) is 5.82 Å². The van der Waals surface area contributed by atoms with Crippen molar-refractivity contribution in [3.8, 4) is 22.5 Å². The van der Waals surface area contributed by atoms with Gasteiger partial charge in [0.05, 0.1) is 5.69 Å². The van der Waals surface area contributed by atoms with Crippen molar-refractivity contribution in [3.63, 3.8) is 0 Å². The molecule has 7 nitrogen and oxygen atoms in total. The predicted molar refractivity (Wildman–Crippen MR) is 187 cm³/mol. The van der Waals surface area contributed by atoms with E-state index < -0.39 is 5.54 Å². The summed E-state index contributed by atoms with van der Waals surface area (Å²) in [5, 5.41) is 13.8. The van der Waals surface area contributed by atoms with Crippen molar-refractivity contribution in [1.29, 1.82) is 0 Å². The number of imidazole rings is 1. The number of tetrazole rings is 1. The number of rotatable bonds is 11. The largest absolute Gasteiger partial charge is 0.330 e.